The highest BCUT2D eigenvalue weighted by atomic mass is 19.4. The molecular formula is C15H20F3N3O2. The minimum atomic E-state index is -4.35. The Bertz CT molecular complexity index is 529. The van der Waals surface area contributed by atoms with Gasteiger partial charge in [0.05, 0.1) is 5.56 Å². The molecule has 1 aromatic carbocycles. The van der Waals surface area contributed by atoms with Crippen LogP contribution >= 0.6 is 0 Å². The third-order valence-electron chi connectivity index (χ3n) is 3.85. The van der Waals surface area contributed by atoms with Crippen LogP contribution in [0.15, 0.2) is 24.3 Å². The van der Waals surface area contributed by atoms with Crippen molar-refractivity contribution >= 4 is 11.8 Å². The Morgan fingerprint density at radius 1 is 1.17 bits per heavy atom. The molecule has 128 valence electrons. The second-order valence-corrected chi connectivity index (χ2v) is 5.43. The highest BCUT2D eigenvalue weighted by molar-refractivity contribution is 5.64. The lowest BCUT2D eigenvalue weighted by atomic mass is 10.1. The number of alkyl halides is 3. The molecular weight excluding hydrogens is 311 g/mol. The van der Waals surface area contributed by atoms with Crippen molar-refractivity contribution in [2.45, 2.75) is 12.6 Å². The van der Waals surface area contributed by atoms with Crippen molar-refractivity contribution in [3.05, 3.63) is 29.8 Å². The molecule has 0 aromatic heterocycles. The predicted molar refractivity (Wildman–Crippen MR) is 80.7 cm³/mol. The number of rotatable bonds is 5. The molecule has 1 saturated heterocycles. The van der Waals surface area contributed by atoms with Crippen LogP contribution in [-0.2, 0) is 6.18 Å². The van der Waals surface area contributed by atoms with Gasteiger partial charge in [-0.15, -0.1) is 0 Å². The van der Waals surface area contributed by atoms with Crippen molar-refractivity contribution in [1.82, 2.24) is 10.2 Å². The Labute approximate surface area is 132 Å². The fraction of sp³-hybridized carbons (Fsp3) is 0.533. The van der Waals surface area contributed by atoms with E-state index in [-0.39, 0.29) is 5.69 Å². The normalized spacial score (nSPS) is 16.4. The summed E-state index contributed by atoms with van der Waals surface area (Å²) in [5.41, 5.74) is -0.369. The van der Waals surface area contributed by atoms with Crippen LogP contribution in [0.25, 0.3) is 0 Å². The first-order valence-electron chi connectivity index (χ1n) is 7.48. The van der Waals surface area contributed by atoms with E-state index in [0.717, 1.165) is 12.6 Å². The molecule has 5 nitrogen and oxygen atoms in total. The van der Waals surface area contributed by atoms with E-state index in [0.29, 0.717) is 39.1 Å². The minimum absolute atomic E-state index is 0.229. The summed E-state index contributed by atoms with van der Waals surface area (Å²) in [5.74, 6) is 0. The molecule has 1 heterocycles. The Morgan fingerprint density at radius 2 is 1.83 bits per heavy atom. The minimum Gasteiger partial charge on any atom is -0.465 e. The van der Waals surface area contributed by atoms with Crippen LogP contribution < -0.4 is 10.2 Å². The van der Waals surface area contributed by atoms with Crippen molar-refractivity contribution in [2.24, 2.45) is 0 Å². The van der Waals surface area contributed by atoms with Crippen LogP contribution in [-0.4, -0.2) is 55.4 Å². The second-order valence-electron chi connectivity index (χ2n) is 5.43. The zero-order chi connectivity index (χ0) is 16.9. The molecule has 0 radical (unpaired) electrons. The highest BCUT2D eigenvalue weighted by Crippen LogP contribution is 2.36. The molecule has 1 aliphatic heterocycles. The number of anilines is 1. The van der Waals surface area contributed by atoms with Gasteiger partial charge < -0.3 is 15.3 Å². The summed E-state index contributed by atoms with van der Waals surface area (Å²) < 4.78 is 39.2. The van der Waals surface area contributed by atoms with Crippen molar-refractivity contribution < 1.29 is 23.1 Å². The quantitative estimate of drug-likeness (QED) is 0.814. The van der Waals surface area contributed by atoms with Crippen molar-refractivity contribution in [2.75, 3.05) is 44.2 Å². The first-order valence-corrected chi connectivity index (χ1v) is 7.48. The van der Waals surface area contributed by atoms with Crippen LogP contribution in [0.4, 0.5) is 23.7 Å². The summed E-state index contributed by atoms with van der Waals surface area (Å²) in [7, 11) is 0. The fourth-order valence-electron chi connectivity index (χ4n) is 2.70. The van der Waals surface area contributed by atoms with E-state index in [2.05, 4.69) is 10.2 Å². The molecule has 0 atom stereocenters. The molecule has 1 fully saturated rings. The number of para-hydroxylation sites is 1. The Balaban J connectivity index is 1.86. The summed E-state index contributed by atoms with van der Waals surface area (Å²) in [6.07, 6.45) is -4.71. The summed E-state index contributed by atoms with van der Waals surface area (Å²) >= 11 is 0. The van der Waals surface area contributed by atoms with Crippen molar-refractivity contribution in [1.29, 1.82) is 0 Å². The van der Waals surface area contributed by atoms with Crippen LogP contribution in [0.2, 0.25) is 0 Å². The van der Waals surface area contributed by atoms with E-state index in [1.807, 2.05) is 0 Å². The fourth-order valence-corrected chi connectivity index (χ4v) is 2.70. The maximum absolute atomic E-state index is 13.1. The van der Waals surface area contributed by atoms with Gasteiger partial charge >= 0.3 is 12.3 Å². The Kier molecular flexibility index (Phi) is 5.70. The maximum atomic E-state index is 13.1. The molecule has 0 saturated carbocycles. The lowest BCUT2D eigenvalue weighted by Gasteiger charge is -2.37. The molecule has 0 bridgehead atoms. The largest absolute Gasteiger partial charge is 0.465 e. The van der Waals surface area contributed by atoms with Gasteiger partial charge in [-0.05, 0) is 25.1 Å². The molecule has 2 N–H and O–H groups in total. The van der Waals surface area contributed by atoms with E-state index in [9.17, 15) is 18.0 Å². The summed E-state index contributed by atoms with van der Waals surface area (Å²) in [6, 6.07) is 5.64. The molecule has 0 aliphatic carbocycles. The van der Waals surface area contributed by atoms with E-state index in [1.165, 1.54) is 12.1 Å². The van der Waals surface area contributed by atoms with Gasteiger partial charge in [-0.3, -0.25) is 4.90 Å². The molecule has 2 rings (SSSR count). The monoisotopic (exact) mass is 331 g/mol. The second kappa shape index (κ2) is 7.54. The van der Waals surface area contributed by atoms with E-state index in [4.69, 9.17) is 5.11 Å². The van der Waals surface area contributed by atoms with Gasteiger partial charge in [-0.25, -0.2) is 4.79 Å². The molecule has 23 heavy (non-hydrogen) atoms. The summed E-state index contributed by atoms with van der Waals surface area (Å²) in [6.45, 7) is 3.50. The standard InChI is InChI=1S/C15H20F3N3O2/c16-15(17,18)12-4-1-2-5-13(12)21-10-8-20(9-11-21)7-3-6-19-14(22)23/h1-2,4-5,19H,3,6-11H2,(H,22,23). The van der Waals surface area contributed by atoms with Crippen molar-refractivity contribution in [3.63, 3.8) is 0 Å². The number of hydrogen-bond donors (Lipinski definition) is 2. The number of carbonyl (C=O) groups is 1. The van der Waals surface area contributed by atoms with Gasteiger partial charge in [0.1, 0.15) is 0 Å². The van der Waals surface area contributed by atoms with Gasteiger partial charge in [0.2, 0.25) is 0 Å². The van der Waals surface area contributed by atoms with Crippen LogP contribution in [0, 0.1) is 0 Å². The third kappa shape index (κ3) is 5.02. The zero-order valence-electron chi connectivity index (χ0n) is 12.6. The third-order valence-corrected chi connectivity index (χ3v) is 3.85. The van der Waals surface area contributed by atoms with Gasteiger partial charge in [-0.1, -0.05) is 12.1 Å². The van der Waals surface area contributed by atoms with Gasteiger partial charge in [-0.2, -0.15) is 13.2 Å². The molecule has 1 aliphatic rings. The first-order chi connectivity index (χ1) is 10.9. The summed E-state index contributed by atoms with van der Waals surface area (Å²) in [4.78, 5) is 14.2. The molecule has 0 spiro atoms. The SMILES string of the molecule is O=C(O)NCCCN1CCN(c2ccccc2C(F)(F)F)CC1. The Hall–Kier alpha value is -1.96. The number of carboxylic acid groups (broad SMARTS) is 1. The van der Waals surface area contributed by atoms with Gasteiger partial charge in [0.15, 0.2) is 0 Å². The van der Waals surface area contributed by atoms with Crippen LogP contribution in [0.5, 0.6) is 0 Å². The molecule has 1 aromatic rings. The number of hydrogen-bond acceptors (Lipinski definition) is 3. The lowest BCUT2D eigenvalue weighted by molar-refractivity contribution is -0.137. The smallest absolute Gasteiger partial charge is 0.418 e. The van der Waals surface area contributed by atoms with E-state index >= 15 is 0 Å². The van der Waals surface area contributed by atoms with Crippen LogP contribution in [0.3, 0.4) is 0 Å². The average Bonchev–Trinajstić information content (AvgIpc) is 2.51. The lowest BCUT2D eigenvalue weighted by Crippen LogP contribution is -2.47. The predicted octanol–water partition coefficient (Wildman–Crippen LogP) is 2.49. The van der Waals surface area contributed by atoms with Crippen LogP contribution in [0.1, 0.15) is 12.0 Å². The Morgan fingerprint density at radius 3 is 2.43 bits per heavy atom. The first kappa shape index (κ1) is 17.4. The number of nitrogens with one attached hydrogen (secondary N) is 1. The van der Waals surface area contributed by atoms with Gasteiger partial charge in [0.25, 0.3) is 0 Å². The molecule has 1 amide bonds. The number of nitrogens with zero attached hydrogens (tertiary/aromatic N) is 2. The van der Waals surface area contributed by atoms with E-state index in [1.54, 1.807) is 11.0 Å². The maximum Gasteiger partial charge on any atom is 0.418 e. The van der Waals surface area contributed by atoms with E-state index < -0.39 is 17.8 Å². The summed E-state index contributed by atoms with van der Waals surface area (Å²) in [5, 5.41) is 10.8. The number of halogens is 3. The number of piperazine rings is 1. The molecule has 8 heteroatoms. The number of amides is 1. The average molecular weight is 331 g/mol. The highest BCUT2D eigenvalue weighted by Gasteiger charge is 2.35. The topological polar surface area (TPSA) is 55.8 Å². The number of benzene rings is 1. The zero-order valence-corrected chi connectivity index (χ0v) is 12.6. The molecule has 0 unspecified atom stereocenters. The van der Waals surface area contributed by atoms with Crippen molar-refractivity contribution in [3.8, 4) is 0 Å². The van der Waals surface area contributed by atoms with Gasteiger partial charge in [0, 0.05) is 38.4 Å².